The molecule has 0 amide bonds. The smallest absolute Gasteiger partial charge is 0.345 e. The van der Waals surface area contributed by atoms with Gasteiger partial charge < -0.3 is 15.8 Å². The van der Waals surface area contributed by atoms with Crippen LogP contribution in [-0.2, 0) is 9.53 Å². The molecule has 1 aromatic heterocycles. The van der Waals surface area contributed by atoms with Crippen LogP contribution in [0.1, 0.15) is 15.2 Å². The Morgan fingerprint density at radius 2 is 1.96 bits per heavy atom. The fourth-order valence-electron chi connectivity index (χ4n) is 2.38. The molecule has 0 aliphatic heterocycles. The summed E-state index contributed by atoms with van der Waals surface area (Å²) >= 11 is 1.43. The Hall–Kier alpha value is -3.10. The third kappa shape index (κ3) is 4.55. The van der Waals surface area contributed by atoms with Crippen LogP contribution in [0.5, 0.6) is 0 Å². The van der Waals surface area contributed by atoms with Crippen LogP contribution in [0.4, 0.5) is 15.2 Å². The number of anilines is 2. The number of aryl methyl sites for hydroxylation is 1. The summed E-state index contributed by atoms with van der Waals surface area (Å²) in [5.74, 6) is -1.86. The van der Waals surface area contributed by atoms with E-state index in [2.05, 4.69) is 15.0 Å². The number of rotatable bonds is 5. The number of nitrogens with zero attached hydrogens (tertiary/aromatic N) is 1. The van der Waals surface area contributed by atoms with Gasteiger partial charge in [-0.1, -0.05) is 6.07 Å². The lowest BCUT2D eigenvalue weighted by Crippen LogP contribution is -2.20. The molecule has 0 saturated carbocycles. The maximum atomic E-state index is 13.1. The molecule has 3 N–H and O–H groups in total. The number of benzene rings is 2. The highest BCUT2D eigenvalue weighted by molar-refractivity contribution is 7.16. The number of esters is 2. The monoisotopic (exact) mass is 385 g/mol. The molecule has 0 atom stereocenters. The van der Waals surface area contributed by atoms with E-state index in [1.807, 2.05) is 6.92 Å². The van der Waals surface area contributed by atoms with Gasteiger partial charge in [-0.05, 0) is 49.4 Å². The molecule has 0 spiro atoms. The molecule has 0 bridgehead atoms. The van der Waals surface area contributed by atoms with Crippen molar-refractivity contribution in [1.82, 2.24) is 4.98 Å². The first-order chi connectivity index (χ1) is 13.0. The van der Waals surface area contributed by atoms with E-state index in [0.29, 0.717) is 10.8 Å². The molecular formula is C19H16FN3O3S. The molecule has 0 saturated heterocycles. The fraction of sp³-hybridized carbons (Fsp3) is 0.105. The lowest BCUT2D eigenvalue weighted by molar-refractivity contribution is -0.136. The molecular weight excluding hydrogens is 369 g/mol. The second kappa shape index (κ2) is 8.07. The minimum Gasteiger partial charge on any atom is -0.388 e. The zero-order chi connectivity index (χ0) is 19.4. The van der Waals surface area contributed by atoms with E-state index in [0.717, 1.165) is 16.1 Å². The Kier molecular flexibility index (Phi) is 5.58. The number of ether oxygens (including phenoxy) is 1. The van der Waals surface area contributed by atoms with Gasteiger partial charge in [-0.15, -0.1) is 11.3 Å². The first-order valence-corrected chi connectivity index (χ1v) is 8.83. The summed E-state index contributed by atoms with van der Waals surface area (Å²) in [5.41, 5.74) is 7.54. The maximum Gasteiger partial charge on any atom is 0.345 e. The summed E-state index contributed by atoms with van der Waals surface area (Å²) in [4.78, 5) is 28.6. The summed E-state index contributed by atoms with van der Waals surface area (Å²) in [7, 11) is 0. The molecule has 0 aliphatic carbocycles. The second-order valence-corrected chi connectivity index (χ2v) is 6.81. The van der Waals surface area contributed by atoms with Crippen LogP contribution in [0.25, 0.3) is 11.3 Å². The van der Waals surface area contributed by atoms with Crippen molar-refractivity contribution in [1.29, 1.82) is 0 Å². The van der Waals surface area contributed by atoms with Crippen molar-refractivity contribution in [2.75, 3.05) is 11.9 Å². The number of aromatic nitrogens is 1. The van der Waals surface area contributed by atoms with Gasteiger partial charge in [0.15, 0.2) is 5.13 Å². The molecule has 0 unspecified atom stereocenters. The molecule has 8 heteroatoms. The molecule has 27 heavy (non-hydrogen) atoms. The minimum atomic E-state index is -0.794. The Morgan fingerprint density at radius 1 is 1.22 bits per heavy atom. The lowest BCUT2D eigenvalue weighted by Gasteiger charge is -2.05. The number of hydrogen-bond acceptors (Lipinski definition) is 7. The van der Waals surface area contributed by atoms with E-state index in [1.165, 1.54) is 29.5 Å². The third-order valence-corrected chi connectivity index (χ3v) is 4.52. The van der Waals surface area contributed by atoms with Crippen LogP contribution >= 0.6 is 11.3 Å². The first kappa shape index (κ1) is 18.7. The summed E-state index contributed by atoms with van der Waals surface area (Å²) in [6.07, 6.45) is 0. The quantitative estimate of drug-likeness (QED) is 0.514. The minimum absolute atomic E-state index is 0.217. The average molecular weight is 385 g/mol. The normalized spacial score (nSPS) is 10.5. The van der Waals surface area contributed by atoms with E-state index in [-0.39, 0.29) is 17.9 Å². The van der Waals surface area contributed by atoms with Crippen LogP contribution in [0.3, 0.4) is 0 Å². The highest BCUT2D eigenvalue weighted by atomic mass is 32.1. The summed E-state index contributed by atoms with van der Waals surface area (Å²) in [6, 6.07) is 12.6. The van der Waals surface area contributed by atoms with Crippen molar-refractivity contribution in [2.24, 2.45) is 5.73 Å². The molecule has 1 heterocycles. The Labute approximate surface area is 158 Å². The first-order valence-electron chi connectivity index (χ1n) is 8.02. The number of carbonyl (C=O) groups is 2. The van der Waals surface area contributed by atoms with E-state index < -0.39 is 11.9 Å². The number of halogens is 1. The van der Waals surface area contributed by atoms with Crippen LogP contribution in [0, 0.1) is 12.7 Å². The van der Waals surface area contributed by atoms with Crippen LogP contribution in [0.2, 0.25) is 0 Å². The van der Waals surface area contributed by atoms with Gasteiger partial charge in [-0.2, -0.15) is 0 Å². The maximum absolute atomic E-state index is 13.1. The van der Waals surface area contributed by atoms with Crippen molar-refractivity contribution >= 4 is 34.1 Å². The lowest BCUT2D eigenvalue weighted by atomic mass is 10.1. The van der Waals surface area contributed by atoms with Crippen molar-refractivity contribution in [3.05, 3.63) is 64.8 Å². The van der Waals surface area contributed by atoms with Gasteiger partial charge in [0.2, 0.25) is 0 Å². The van der Waals surface area contributed by atoms with Crippen molar-refractivity contribution in [3.8, 4) is 11.3 Å². The van der Waals surface area contributed by atoms with Gasteiger partial charge in [0.05, 0.1) is 17.8 Å². The largest absolute Gasteiger partial charge is 0.388 e. The molecule has 0 radical (unpaired) electrons. The molecule has 6 nitrogen and oxygen atoms in total. The summed E-state index contributed by atoms with van der Waals surface area (Å²) < 4.78 is 17.7. The predicted molar refractivity (Wildman–Crippen MR) is 101 cm³/mol. The van der Waals surface area contributed by atoms with E-state index in [9.17, 15) is 14.0 Å². The Morgan fingerprint density at radius 3 is 2.67 bits per heavy atom. The van der Waals surface area contributed by atoms with Crippen molar-refractivity contribution in [2.45, 2.75) is 6.92 Å². The topological polar surface area (TPSA) is 94.3 Å². The average Bonchev–Trinajstić information content (AvgIpc) is 3.02. The highest BCUT2D eigenvalue weighted by Crippen LogP contribution is 2.32. The van der Waals surface area contributed by atoms with Gasteiger partial charge in [0.1, 0.15) is 5.82 Å². The van der Waals surface area contributed by atoms with Gasteiger partial charge >= 0.3 is 11.9 Å². The number of thiazole rings is 1. The molecule has 3 rings (SSSR count). The molecule has 0 aliphatic rings. The van der Waals surface area contributed by atoms with Gasteiger partial charge in [0.25, 0.3) is 0 Å². The standard InChI is InChI=1S/C19H16FN3O3S/c1-11-17(12-5-7-14(20)8-6-12)23-19(27-11)22-15-4-2-3-13(9-15)18(25)26-16(24)10-21/h2-9H,10,21H2,1H3,(H,22,23). The molecule has 138 valence electrons. The number of carbonyl (C=O) groups excluding carboxylic acids is 2. The van der Waals surface area contributed by atoms with Crippen molar-refractivity contribution in [3.63, 3.8) is 0 Å². The van der Waals surface area contributed by atoms with Gasteiger partial charge in [-0.25, -0.2) is 14.2 Å². The fourth-order valence-corrected chi connectivity index (χ4v) is 3.23. The summed E-state index contributed by atoms with van der Waals surface area (Å²) in [6.45, 7) is 1.56. The highest BCUT2D eigenvalue weighted by Gasteiger charge is 2.14. The van der Waals surface area contributed by atoms with E-state index in [1.54, 1.807) is 30.3 Å². The SMILES string of the molecule is Cc1sc(Nc2cccc(C(=O)OC(=O)CN)c2)nc1-c1ccc(F)cc1. The second-order valence-electron chi connectivity index (χ2n) is 5.60. The molecule has 3 aromatic rings. The molecule has 2 aromatic carbocycles. The number of hydrogen-bond donors (Lipinski definition) is 2. The third-order valence-electron chi connectivity index (χ3n) is 3.64. The number of nitrogens with two attached hydrogens (primary N) is 1. The van der Waals surface area contributed by atoms with Crippen LogP contribution in [-0.4, -0.2) is 23.5 Å². The Bertz CT molecular complexity index is 986. The van der Waals surface area contributed by atoms with E-state index >= 15 is 0 Å². The van der Waals surface area contributed by atoms with E-state index in [4.69, 9.17) is 5.73 Å². The van der Waals surface area contributed by atoms with Crippen molar-refractivity contribution < 1.29 is 18.7 Å². The van der Waals surface area contributed by atoms with Gasteiger partial charge in [-0.3, -0.25) is 4.79 Å². The zero-order valence-corrected chi connectivity index (χ0v) is 15.2. The predicted octanol–water partition coefficient (Wildman–Crippen LogP) is 3.64. The zero-order valence-electron chi connectivity index (χ0n) is 14.4. The van der Waals surface area contributed by atoms with Gasteiger partial charge in [0, 0.05) is 16.1 Å². The van der Waals surface area contributed by atoms with Crippen LogP contribution in [0.15, 0.2) is 48.5 Å². The van der Waals surface area contributed by atoms with Crippen LogP contribution < -0.4 is 11.1 Å². The summed E-state index contributed by atoms with van der Waals surface area (Å²) in [5, 5.41) is 3.75. The molecule has 0 fully saturated rings. The Balaban J connectivity index is 1.79. The number of nitrogens with one attached hydrogen (secondary N) is 1.